The number of rotatable bonds is 1. The Morgan fingerprint density at radius 3 is 2.44 bits per heavy atom. The Kier molecular flexibility index (Phi) is 3.86. The smallest absolute Gasteiger partial charge is 0.0273 e. The minimum Gasteiger partial charge on any atom is -0.326 e. The quantitative estimate of drug-likeness (QED) is 0.673. The minimum atomic E-state index is 0. The Labute approximate surface area is 65.3 Å². The van der Waals surface area contributed by atoms with Gasteiger partial charge in [0.2, 0.25) is 0 Å². The first-order valence-electron chi connectivity index (χ1n) is 2.58. The zero-order chi connectivity index (χ0) is 5.98. The third-order valence-corrected chi connectivity index (χ3v) is 2.02. The molecule has 0 fully saturated rings. The summed E-state index contributed by atoms with van der Waals surface area (Å²) in [7, 11) is 0. The number of nitrogens with two attached hydrogens (primary N) is 1. The van der Waals surface area contributed by atoms with Gasteiger partial charge in [0.25, 0.3) is 0 Å². The molecule has 0 aromatic carbocycles. The van der Waals surface area contributed by atoms with Gasteiger partial charge in [-0.25, -0.2) is 0 Å². The van der Waals surface area contributed by atoms with Crippen molar-refractivity contribution in [3.8, 4) is 0 Å². The zero-order valence-corrected chi connectivity index (χ0v) is 6.89. The second-order valence-electron chi connectivity index (χ2n) is 1.72. The van der Waals surface area contributed by atoms with Gasteiger partial charge in [-0.05, 0) is 19.1 Å². The van der Waals surface area contributed by atoms with Crippen LogP contribution in [0.1, 0.15) is 9.75 Å². The van der Waals surface area contributed by atoms with Crippen LogP contribution in [0.2, 0.25) is 0 Å². The Hall–Kier alpha value is -0.0500. The highest BCUT2D eigenvalue weighted by Crippen LogP contribution is 2.13. The Morgan fingerprint density at radius 2 is 2.22 bits per heavy atom. The van der Waals surface area contributed by atoms with Gasteiger partial charge < -0.3 is 5.73 Å². The molecular weight excluding hydrogens is 154 g/mol. The van der Waals surface area contributed by atoms with Crippen LogP contribution in [0.3, 0.4) is 0 Å². The summed E-state index contributed by atoms with van der Waals surface area (Å²) in [4.78, 5) is 2.60. The Bertz CT molecular complexity index is 173. The van der Waals surface area contributed by atoms with Crippen LogP contribution in [0.4, 0.5) is 0 Å². The standard InChI is InChI=1S/C6H9NS.ClH/c1-5-2-3-6(4-7)8-5;/h2-3H,4,7H2,1H3;1H. The van der Waals surface area contributed by atoms with Gasteiger partial charge in [0.15, 0.2) is 0 Å². The fraction of sp³-hybridized carbons (Fsp3) is 0.333. The molecule has 0 saturated heterocycles. The van der Waals surface area contributed by atoms with E-state index in [0.29, 0.717) is 6.54 Å². The maximum atomic E-state index is 5.37. The van der Waals surface area contributed by atoms with E-state index in [4.69, 9.17) is 5.73 Å². The third-order valence-electron chi connectivity index (χ3n) is 0.997. The monoisotopic (exact) mass is 163 g/mol. The van der Waals surface area contributed by atoms with Gasteiger partial charge in [-0.1, -0.05) is 0 Å². The topological polar surface area (TPSA) is 26.0 Å². The van der Waals surface area contributed by atoms with Gasteiger partial charge in [-0.15, -0.1) is 23.7 Å². The molecule has 2 N–H and O–H groups in total. The summed E-state index contributed by atoms with van der Waals surface area (Å²) in [6, 6.07) is 4.16. The fourth-order valence-electron chi connectivity index (χ4n) is 0.595. The highest BCUT2D eigenvalue weighted by molar-refractivity contribution is 7.11. The van der Waals surface area contributed by atoms with Crippen molar-refractivity contribution in [3.63, 3.8) is 0 Å². The molecule has 0 bridgehead atoms. The first-order chi connectivity index (χ1) is 3.83. The van der Waals surface area contributed by atoms with Crippen molar-refractivity contribution >= 4 is 23.7 Å². The molecule has 52 valence electrons. The summed E-state index contributed by atoms with van der Waals surface area (Å²) in [5.41, 5.74) is 5.37. The lowest BCUT2D eigenvalue weighted by Crippen LogP contribution is -1.90. The highest BCUT2D eigenvalue weighted by atomic mass is 35.5. The van der Waals surface area contributed by atoms with Crippen LogP contribution < -0.4 is 5.73 Å². The summed E-state index contributed by atoms with van der Waals surface area (Å²) in [6.45, 7) is 2.77. The van der Waals surface area contributed by atoms with Crippen LogP contribution in [0.25, 0.3) is 0 Å². The average molecular weight is 164 g/mol. The first-order valence-corrected chi connectivity index (χ1v) is 3.40. The van der Waals surface area contributed by atoms with E-state index in [-0.39, 0.29) is 12.4 Å². The van der Waals surface area contributed by atoms with Crippen molar-refractivity contribution in [2.45, 2.75) is 13.5 Å². The SMILES string of the molecule is Cc1ccc(CN)s1.Cl. The number of halogens is 1. The van der Waals surface area contributed by atoms with Crippen LogP contribution in [-0.2, 0) is 6.54 Å². The van der Waals surface area contributed by atoms with Crippen LogP contribution in [0, 0.1) is 6.92 Å². The van der Waals surface area contributed by atoms with E-state index in [9.17, 15) is 0 Å². The van der Waals surface area contributed by atoms with Gasteiger partial charge in [0.05, 0.1) is 0 Å². The van der Waals surface area contributed by atoms with Crippen molar-refractivity contribution < 1.29 is 0 Å². The first kappa shape index (κ1) is 8.95. The van der Waals surface area contributed by atoms with E-state index in [1.54, 1.807) is 11.3 Å². The number of hydrogen-bond acceptors (Lipinski definition) is 2. The van der Waals surface area contributed by atoms with Gasteiger partial charge in [-0.2, -0.15) is 0 Å². The summed E-state index contributed by atoms with van der Waals surface area (Å²) in [5, 5.41) is 0. The molecule has 0 aliphatic carbocycles. The Morgan fingerprint density at radius 1 is 1.56 bits per heavy atom. The van der Waals surface area contributed by atoms with Gasteiger partial charge in [0.1, 0.15) is 0 Å². The van der Waals surface area contributed by atoms with Crippen molar-refractivity contribution in [2.75, 3.05) is 0 Å². The number of thiophene rings is 1. The second-order valence-corrected chi connectivity index (χ2v) is 3.09. The number of aryl methyl sites for hydroxylation is 1. The second kappa shape index (κ2) is 3.88. The average Bonchev–Trinajstić information content (AvgIpc) is 2.14. The van der Waals surface area contributed by atoms with Crippen molar-refractivity contribution in [1.82, 2.24) is 0 Å². The van der Waals surface area contributed by atoms with E-state index in [1.165, 1.54) is 9.75 Å². The normalized spacial score (nSPS) is 8.67. The molecule has 1 rings (SSSR count). The molecule has 0 unspecified atom stereocenters. The lowest BCUT2D eigenvalue weighted by molar-refractivity contribution is 1.11. The van der Waals surface area contributed by atoms with E-state index in [2.05, 4.69) is 19.1 Å². The highest BCUT2D eigenvalue weighted by Gasteiger charge is 1.89. The molecular formula is C6H10ClNS. The Balaban J connectivity index is 0.000000640. The molecule has 3 heteroatoms. The summed E-state index contributed by atoms with van der Waals surface area (Å²) in [5.74, 6) is 0. The van der Waals surface area contributed by atoms with Crippen molar-refractivity contribution in [2.24, 2.45) is 5.73 Å². The molecule has 1 aromatic rings. The summed E-state index contributed by atoms with van der Waals surface area (Å²) < 4.78 is 0. The largest absolute Gasteiger partial charge is 0.326 e. The van der Waals surface area contributed by atoms with Crippen LogP contribution >= 0.6 is 23.7 Å². The molecule has 0 aliphatic heterocycles. The van der Waals surface area contributed by atoms with Crippen LogP contribution in [-0.4, -0.2) is 0 Å². The summed E-state index contributed by atoms with van der Waals surface area (Å²) >= 11 is 1.76. The maximum absolute atomic E-state index is 5.37. The summed E-state index contributed by atoms with van der Waals surface area (Å²) in [6.07, 6.45) is 0. The van der Waals surface area contributed by atoms with Crippen LogP contribution in [0.15, 0.2) is 12.1 Å². The molecule has 9 heavy (non-hydrogen) atoms. The molecule has 0 aliphatic rings. The predicted molar refractivity (Wildman–Crippen MR) is 44.2 cm³/mol. The maximum Gasteiger partial charge on any atom is 0.0273 e. The van der Waals surface area contributed by atoms with Gasteiger partial charge in [-0.3, -0.25) is 0 Å². The lowest BCUT2D eigenvalue weighted by Gasteiger charge is -1.81. The van der Waals surface area contributed by atoms with Crippen molar-refractivity contribution in [1.29, 1.82) is 0 Å². The van der Waals surface area contributed by atoms with Gasteiger partial charge >= 0.3 is 0 Å². The molecule has 0 amide bonds. The molecule has 1 nitrogen and oxygen atoms in total. The van der Waals surface area contributed by atoms with E-state index in [0.717, 1.165) is 0 Å². The minimum absolute atomic E-state index is 0. The molecule has 1 aromatic heterocycles. The molecule has 0 saturated carbocycles. The zero-order valence-electron chi connectivity index (χ0n) is 5.26. The number of hydrogen-bond donors (Lipinski definition) is 1. The van der Waals surface area contributed by atoms with Crippen LogP contribution in [0.5, 0.6) is 0 Å². The molecule has 0 radical (unpaired) electrons. The molecule has 0 atom stereocenters. The van der Waals surface area contributed by atoms with E-state index < -0.39 is 0 Å². The molecule has 1 heterocycles. The van der Waals surface area contributed by atoms with Crippen molar-refractivity contribution in [3.05, 3.63) is 21.9 Å². The van der Waals surface area contributed by atoms with E-state index >= 15 is 0 Å². The lowest BCUT2D eigenvalue weighted by atomic mass is 10.4. The predicted octanol–water partition coefficient (Wildman–Crippen LogP) is 1.94. The van der Waals surface area contributed by atoms with E-state index in [1.807, 2.05) is 0 Å². The fourth-order valence-corrected chi connectivity index (χ4v) is 1.36. The van der Waals surface area contributed by atoms with Gasteiger partial charge in [0, 0.05) is 16.3 Å². The third kappa shape index (κ3) is 2.35. The molecule has 0 spiro atoms.